The Labute approximate surface area is 141 Å². The number of aliphatic hydroxyl groups excluding tert-OH is 1. The minimum Gasteiger partial charge on any atom is -0.447 e. The summed E-state index contributed by atoms with van der Waals surface area (Å²) < 4.78 is 6.34. The van der Waals surface area contributed by atoms with Gasteiger partial charge in [0.1, 0.15) is 12.3 Å². The fourth-order valence-corrected chi connectivity index (χ4v) is 2.99. The van der Waals surface area contributed by atoms with E-state index in [1.54, 1.807) is 12.1 Å². The molecule has 120 valence electrons. The Morgan fingerprint density at radius 3 is 2.87 bits per heavy atom. The summed E-state index contributed by atoms with van der Waals surface area (Å²) >= 11 is 3.38. The molecule has 0 fully saturated rings. The molecule has 0 saturated heterocycles. The number of hydrogen-bond acceptors (Lipinski definition) is 5. The van der Waals surface area contributed by atoms with Gasteiger partial charge in [-0.1, -0.05) is 28.1 Å². The van der Waals surface area contributed by atoms with Gasteiger partial charge >= 0.3 is 0 Å². The molecule has 0 spiro atoms. The topological polar surface area (TPSA) is 86.7 Å². The maximum Gasteiger partial charge on any atom is 0.257 e. The lowest BCUT2D eigenvalue weighted by atomic mass is 10.00. The Bertz CT molecular complexity index is 798. The molecular formula is C16H16BrN3O3. The van der Waals surface area contributed by atoms with E-state index in [9.17, 15) is 4.79 Å². The third-order valence-corrected chi connectivity index (χ3v) is 4.19. The lowest BCUT2D eigenvalue weighted by molar-refractivity contribution is 0.103. The van der Waals surface area contributed by atoms with Crippen LogP contribution in [0.1, 0.15) is 32.9 Å². The van der Waals surface area contributed by atoms with Gasteiger partial charge in [-0.3, -0.25) is 10.2 Å². The first-order valence-corrected chi connectivity index (χ1v) is 7.91. The van der Waals surface area contributed by atoms with Gasteiger partial charge in [-0.05, 0) is 31.5 Å². The number of hydrogen-bond donors (Lipinski definition) is 3. The molecule has 1 aliphatic heterocycles. The Morgan fingerprint density at radius 2 is 2.22 bits per heavy atom. The van der Waals surface area contributed by atoms with E-state index < -0.39 is 6.23 Å². The van der Waals surface area contributed by atoms with Crippen LogP contribution < -0.4 is 5.43 Å². The van der Waals surface area contributed by atoms with E-state index in [1.165, 1.54) is 0 Å². The zero-order chi connectivity index (χ0) is 16.6. The number of nitrogens with zero attached hydrogens (tertiary/aromatic N) is 1. The van der Waals surface area contributed by atoms with Gasteiger partial charge in [0.05, 0.1) is 0 Å². The molecule has 2 aromatic rings. The first kappa shape index (κ1) is 15.8. The zero-order valence-electron chi connectivity index (χ0n) is 12.7. The van der Waals surface area contributed by atoms with Crippen molar-refractivity contribution in [3.05, 3.63) is 56.8 Å². The summed E-state index contributed by atoms with van der Waals surface area (Å²) in [7, 11) is 0. The summed E-state index contributed by atoms with van der Waals surface area (Å²) in [6, 6.07) is 7.28. The molecule has 1 aromatic heterocycles. The molecule has 1 aromatic carbocycles. The molecule has 0 saturated carbocycles. The number of rotatable bonds is 4. The Morgan fingerprint density at radius 1 is 1.43 bits per heavy atom. The third kappa shape index (κ3) is 2.89. The fourth-order valence-electron chi connectivity index (χ4n) is 2.59. The van der Waals surface area contributed by atoms with Crippen molar-refractivity contribution >= 4 is 27.6 Å². The van der Waals surface area contributed by atoms with Gasteiger partial charge in [0, 0.05) is 21.3 Å². The summed E-state index contributed by atoms with van der Waals surface area (Å²) in [4.78, 5) is 16.0. The highest BCUT2D eigenvalue weighted by atomic mass is 79.9. The van der Waals surface area contributed by atoms with Gasteiger partial charge < -0.3 is 14.8 Å². The van der Waals surface area contributed by atoms with Crippen molar-refractivity contribution in [2.45, 2.75) is 20.1 Å². The summed E-state index contributed by atoms with van der Waals surface area (Å²) in [6.45, 7) is 3.51. The maximum atomic E-state index is 12.8. The number of benzene rings is 1. The second-order valence-electron chi connectivity index (χ2n) is 5.30. The minimum atomic E-state index is -0.558. The Hall–Kier alpha value is -2.12. The smallest absolute Gasteiger partial charge is 0.257 e. The van der Waals surface area contributed by atoms with Crippen molar-refractivity contribution in [1.29, 1.82) is 0 Å². The molecule has 0 amide bonds. The molecule has 3 rings (SSSR count). The third-order valence-electron chi connectivity index (χ3n) is 3.70. The number of ketones is 1. The number of H-pyrrole nitrogens is 1. The molecule has 6 nitrogen and oxygen atoms in total. The monoisotopic (exact) mass is 377 g/mol. The minimum absolute atomic E-state index is 0.0611. The van der Waals surface area contributed by atoms with E-state index in [4.69, 9.17) is 9.84 Å². The first-order valence-electron chi connectivity index (χ1n) is 7.11. The lowest BCUT2D eigenvalue weighted by Crippen LogP contribution is -2.26. The van der Waals surface area contributed by atoms with Gasteiger partial charge in [0.15, 0.2) is 5.78 Å². The Balaban J connectivity index is 1.97. The van der Waals surface area contributed by atoms with E-state index in [1.807, 2.05) is 26.0 Å². The Kier molecular flexibility index (Phi) is 4.23. The van der Waals surface area contributed by atoms with E-state index in [0.29, 0.717) is 22.7 Å². The number of nitrogens with one attached hydrogen (secondary N) is 2. The van der Waals surface area contributed by atoms with Crippen LogP contribution in [-0.4, -0.2) is 34.6 Å². The van der Waals surface area contributed by atoms with Crippen LogP contribution in [0.25, 0.3) is 0 Å². The lowest BCUT2D eigenvalue weighted by Gasteiger charge is -2.07. The summed E-state index contributed by atoms with van der Waals surface area (Å²) in [6.07, 6.45) is -0.558. The van der Waals surface area contributed by atoms with E-state index in [2.05, 4.69) is 31.4 Å². The molecule has 2 heterocycles. The van der Waals surface area contributed by atoms with E-state index >= 15 is 0 Å². The van der Waals surface area contributed by atoms with Crippen molar-refractivity contribution in [1.82, 2.24) is 10.4 Å². The normalized spacial score (nSPS) is 16.7. The van der Waals surface area contributed by atoms with Crippen LogP contribution in [0, 0.1) is 13.8 Å². The van der Waals surface area contributed by atoms with Gasteiger partial charge in [-0.25, -0.2) is 0 Å². The number of aliphatic hydroxyl groups is 1. The highest BCUT2D eigenvalue weighted by Crippen LogP contribution is 2.24. The highest BCUT2D eigenvalue weighted by molar-refractivity contribution is 9.10. The molecule has 0 radical (unpaired) electrons. The predicted molar refractivity (Wildman–Crippen MR) is 89.5 cm³/mol. The molecule has 23 heavy (non-hydrogen) atoms. The molecule has 1 unspecified atom stereocenters. The first-order chi connectivity index (χ1) is 11.0. The maximum absolute atomic E-state index is 12.8. The molecule has 1 aliphatic rings. The van der Waals surface area contributed by atoms with Crippen molar-refractivity contribution in [3.8, 4) is 0 Å². The van der Waals surface area contributed by atoms with Crippen LogP contribution in [0.3, 0.4) is 0 Å². The summed E-state index contributed by atoms with van der Waals surface area (Å²) in [5.41, 5.74) is 6.06. The van der Waals surface area contributed by atoms with Crippen LogP contribution in [0.4, 0.5) is 0 Å². The van der Waals surface area contributed by atoms with Gasteiger partial charge in [0.2, 0.25) is 6.23 Å². The van der Waals surface area contributed by atoms with Crippen molar-refractivity contribution in [2.75, 3.05) is 6.61 Å². The van der Waals surface area contributed by atoms with Crippen molar-refractivity contribution in [3.63, 3.8) is 0 Å². The quantitative estimate of drug-likeness (QED) is 0.713. The van der Waals surface area contributed by atoms with Crippen LogP contribution in [0.15, 0.2) is 33.8 Å². The largest absolute Gasteiger partial charge is 0.447 e. The van der Waals surface area contributed by atoms with Crippen LogP contribution >= 0.6 is 15.9 Å². The molecule has 1 atom stereocenters. The number of carbonyl (C=O) groups is 1. The SMILES string of the molecule is Cc1[nH]c(C2=NNC(CO)O2)c(C)c1C(=O)c1cccc(Br)c1. The summed E-state index contributed by atoms with van der Waals surface area (Å²) in [5.74, 6) is 0.284. The molecular weight excluding hydrogens is 362 g/mol. The average Bonchev–Trinajstić information content (AvgIpc) is 3.11. The van der Waals surface area contributed by atoms with Crippen molar-refractivity contribution in [2.24, 2.45) is 5.10 Å². The zero-order valence-corrected chi connectivity index (χ0v) is 14.3. The van der Waals surface area contributed by atoms with Gasteiger partial charge in [0.25, 0.3) is 5.90 Å². The molecule has 7 heteroatoms. The number of halogens is 1. The average molecular weight is 378 g/mol. The highest BCUT2D eigenvalue weighted by Gasteiger charge is 2.27. The number of aryl methyl sites for hydroxylation is 1. The van der Waals surface area contributed by atoms with Gasteiger partial charge in [-0.2, -0.15) is 0 Å². The number of aromatic nitrogens is 1. The summed E-state index contributed by atoms with van der Waals surface area (Å²) in [5, 5.41) is 13.1. The molecule has 0 bridgehead atoms. The number of aromatic amines is 1. The number of ether oxygens (including phenoxy) is 1. The van der Waals surface area contributed by atoms with Crippen LogP contribution in [0.5, 0.6) is 0 Å². The van der Waals surface area contributed by atoms with E-state index in [0.717, 1.165) is 15.7 Å². The second kappa shape index (κ2) is 6.17. The van der Waals surface area contributed by atoms with Crippen LogP contribution in [0.2, 0.25) is 0 Å². The number of carbonyl (C=O) groups excluding carboxylic acids is 1. The number of hydrazone groups is 1. The van der Waals surface area contributed by atoms with Gasteiger partial charge in [-0.15, -0.1) is 5.10 Å². The standard InChI is InChI=1S/C16H16BrN3O3/c1-8-13(15(22)10-4-3-5-11(17)6-10)9(2)18-14(8)16-20-19-12(7-21)23-16/h3-6,12,18-19,21H,7H2,1-2H3. The second-order valence-corrected chi connectivity index (χ2v) is 6.22. The van der Waals surface area contributed by atoms with Crippen LogP contribution in [-0.2, 0) is 4.74 Å². The predicted octanol–water partition coefficient (Wildman–Crippen LogP) is 2.22. The molecule has 3 N–H and O–H groups in total. The van der Waals surface area contributed by atoms with E-state index in [-0.39, 0.29) is 12.4 Å². The fraction of sp³-hybridized carbons (Fsp3) is 0.250. The molecule has 0 aliphatic carbocycles. The van der Waals surface area contributed by atoms with Crippen molar-refractivity contribution < 1.29 is 14.6 Å².